The second-order valence-corrected chi connectivity index (χ2v) is 5.87. The van der Waals surface area contributed by atoms with Gasteiger partial charge in [-0.15, -0.1) is 0 Å². The Kier molecular flexibility index (Phi) is 4.80. The third-order valence-corrected chi connectivity index (χ3v) is 3.95. The van der Waals surface area contributed by atoms with E-state index in [9.17, 15) is 18.5 Å². The van der Waals surface area contributed by atoms with Gasteiger partial charge in [0.1, 0.15) is 0 Å². The number of nitrogens with one attached hydrogen (secondary N) is 1. The van der Waals surface area contributed by atoms with Crippen molar-refractivity contribution in [1.82, 2.24) is 4.72 Å². The molecule has 1 rings (SSSR count). The zero-order valence-electron chi connectivity index (χ0n) is 10.3. The Morgan fingerprint density at radius 2 is 2.11 bits per heavy atom. The van der Waals surface area contributed by atoms with Gasteiger partial charge in [-0.25, -0.2) is 13.1 Å². The van der Waals surface area contributed by atoms with Crippen LogP contribution in [-0.2, 0) is 15.8 Å². The molecule has 18 heavy (non-hydrogen) atoms. The van der Waals surface area contributed by atoms with Gasteiger partial charge in [-0.05, 0) is 18.9 Å². The molecule has 0 saturated heterocycles. The molecule has 1 N–H and O–H groups in total. The lowest BCUT2D eigenvalue weighted by molar-refractivity contribution is -0.384. The van der Waals surface area contributed by atoms with Crippen molar-refractivity contribution < 1.29 is 13.3 Å². The first kappa shape index (κ1) is 14.6. The van der Waals surface area contributed by atoms with Gasteiger partial charge in [-0.1, -0.05) is 19.1 Å². The summed E-state index contributed by atoms with van der Waals surface area (Å²) in [6, 6.07) is 5.50. The molecule has 0 aliphatic rings. The predicted octanol–water partition coefficient (Wildman–Crippen LogP) is 1.81. The van der Waals surface area contributed by atoms with Crippen molar-refractivity contribution >= 4 is 15.7 Å². The van der Waals surface area contributed by atoms with Crippen LogP contribution >= 0.6 is 0 Å². The van der Waals surface area contributed by atoms with Crippen molar-refractivity contribution in [3.05, 3.63) is 39.9 Å². The molecule has 0 bridgehead atoms. The maximum absolute atomic E-state index is 11.8. The summed E-state index contributed by atoms with van der Waals surface area (Å²) in [5, 5.41) is 10.6. The summed E-state index contributed by atoms with van der Waals surface area (Å²) < 4.78 is 26.0. The van der Waals surface area contributed by atoms with Gasteiger partial charge in [0.05, 0.1) is 10.7 Å². The molecule has 0 fully saturated rings. The van der Waals surface area contributed by atoms with Gasteiger partial charge in [0, 0.05) is 18.2 Å². The van der Waals surface area contributed by atoms with Crippen LogP contribution < -0.4 is 4.72 Å². The first-order valence-electron chi connectivity index (χ1n) is 5.57. The summed E-state index contributed by atoms with van der Waals surface area (Å²) in [4.78, 5) is 10.0. The van der Waals surface area contributed by atoms with Crippen LogP contribution in [0, 0.1) is 10.1 Å². The minimum atomic E-state index is -3.46. The second-order valence-electron chi connectivity index (χ2n) is 4.11. The Labute approximate surface area is 106 Å². The summed E-state index contributed by atoms with van der Waals surface area (Å²) >= 11 is 0. The molecule has 1 atom stereocenters. The average Bonchev–Trinajstić information content (AvgIpc) is 2.27. The van der Waals surface area contributed by atoms with Crippen molar-refractivity contribution in [3.63, 3.8) is 0 Å². The number of rotatable bonds is 6. The highest BCUT2D eigenvalue weighted by Crippen LogP contribution is 2.15. The second kappa shape index (κ2) is 5.92. The summed E-state index contributed by atoms with van der Waals surface area (Å²) in [6.07, 6.45) is 0.689. The van der Waals surface area contributed by atoms with E-state index in [-0.39, 0.29) is 17.5 Å². The fourth-order valence-corrected chi connectivity index (χ4v) is 2.89. The largest absolute Gasteiger partial charge is 0.269 e. The molecule has 0 saturated carbocycles. The molecule has 1 aromatic carbocycles. The van der Waals surface area contributed by atoms with Gasteiger partial charge >= 0.3 is 0 Å². The van der Waals surface area contributed by atoms with Crippen LogP contribution in [0.4, 0.5) is 5.69 Å². The summed E-state index contributed by atoms with van der Waals surface area (Å²) in [6.45, 7) is 3.64. The highest BCUT2D eigenvalue weighted by Gasteiger charge is 2.16. The number of nitrogens with zero attached hydrogens (tertiary/aromatic N) is 1. The van der Waals surface area contributed by atoms with E-state index in [2.05, 4.69) is 4.72 Å². The molecule has 0 aliphatic heterocycles. The number of benzene rings is 1. The van der Waals surface area contributed by atoms with E-state index in [1.54, 1.807) is 13.0 Å². The number of hydrogen-bond donors (Lipinski definition) is 1. The lowest BCUT2D eigenvalue weighted by Crippen LogP contribution is -2.32. The Hall–Kier alpha value is -1.47. The number of nitro groups is 1. The predicted molar refractivity (Wildman–Crippen MR) is 68.6 cm³/mol. The lowest BCUT2D eigenvalue weighted by Gasteiger charge is -2.11. The fourth-order valence-electron chi connectivity index (χ4n) is 1.41. The fraction of sp³-hybridized carbons (Fsp3) is 0.455. The van der Waals surface area contributed by atoms with Crippen molar-refractivity contribution in [2.45, 2.75) is 32.1 Å². The molecule has 0 radical (unpaired) electrons. The number of nitro benzene ring substituents is 1. The van der Waals surface area contributed by atoms with Crippen LogP contribution in [0.5, 0.6) is 0 Å². The van der Waals surface area contributed by atoms with Gasteiger partial charge in [-0.2, -0.15) is 0 Å². The lowest BCUT2D eigenvalue weighted by atomic mass is 10.2. The van der Waals surface area contributed by atoms with Gasteiger partial charge in [0.2, 0.25) is 10.0 Å². The summed E-state index contributed by atoms with van der Waals surface area (Å²) in [5.74, 6) is -0.251. The standard InChI is InChI=1S/C11H16N2O4S/c1-3-9(2)12-18(16,17)8-10-5-4-6-11(7-10)13(14)15/h4-7,9,12H,3,8H2,1-2H3. The molecule has 1 aromatic rings. The third-order valence-electron chi connectivity index (χ3n) is 2.47. The molecule has 0 spiro atoms. The normalized spacial score (nSPS) is 13.2. The van der Waals surface area contributed by atoms with Crippen molar-refractivity contribution in [2.75, 3.05) is 0 Å². The maximum Gasteiger partial charge on any atom is 0.269 e. The van der Waals surface area contributed by atoms with E-state index < -0.39 is 14.9 Å². The van der Waals surface area contributed by atoms with Gasteiger partial charge < -0.3 is 0 Å². The number of hydrogen-bond acceptors (Lipinski definition) is 4. The molecule has 0 aliphatic carbocycles. The zero-order chi connectivity index (χ0) is 13.8. The molecule has 0 heterocycles. The minimum Gasteiger partial charge on any atom is -0.258 e. The first-order valence-corrected chi connectivity index (χ1v) is 7.22. The first-order chi connectivity index (χ1) is 8.34. The van der Waals surface area contributed by atoms with E-state index in [0.29, 0.717) is 12.0 Å². The average molecular weight is 272 g/mol. The molecular formula is C11H16N2O4S. The Morgan fingerprint density at radius 3 is 2.67 bits per heavy atom. The minimum absolute atomic E-state index is 0.105. The van der Waals surface area contributed by atoms with E-state index >= 15 is 0 Å². The molecule has 0 amide bonds. The monoisotopic (exact) mass is 272 g/mol. The van der Waals surface area contributed by atoms with Crippen LogP contribution in [0.3, 0.4) is 0 Å². The Morgan fingerprint density at radius 1 is 1.44 bits per heavy atom. The SMILES string of the molecule is CCC(C)NS(=O)(=O)Cc1cccc([N+](=O)[O-])c1. The topological polar surface area (TPSA) is 89.3 Å². The highest BCUT2D eigenvalue weighted by molar-refractivity contribution is 7.88. The van der Waals surface area contributed by atoms with Crippen LogP contribution in [-0.4, -0.2) is 19.4 Å². The molecule has 100 valence electrons. The molecule has 7 heteroatoms. The molecular weight excluding hydrogens is 256 g/mol. The molecule has 6 nitrogen and oxygen atoms in total. The van der Waals surface area contributed by atoms with Gasteiger partial charge in [-0.3, -0.25) is 10.1 Å². The zero-order valence-corrected chi connectivity index (χ0v) is 11.1. The van der Waals surface area contributed by atoms with Crippen LogP contribution in [0.2, 0.25) is 0 Å². The smallest absolute Gasteiger partial charge is 0.258 e. The molecule has 1 unspecified atom stereocenters. The van der Waals surface area contributed by atoms with Gasteiger partial charge in [0.25, 0.3) is 5.69 Å². The van der Waals surface area contributed by atoms with Crippen molar-refractivity contribution in [3.8, 4) is 0 Å². The molecule has 0 aromatic heterocycles. The van der Waals surface area contributed by atoms with Crippen LogP contribution in [0.25, 0.3) is 0 Å². The Bertz CT molecular complexity index is 528. The van der Waals surface area contributed by atoms with Crippen LogP contribution in [0.15, 0.2) is 24.3 Å². The maximum atomic E-state index is 11.8. The number of non-ortho nitro benzene ring substituents is 1. The Balaban J connectivity index is 2.84. The van der Waals surface area contributed by atoms with Crippen molar-refractivity contribution in [2.24, 2.45) is 0 Å². The van der Waals surface area contributed by atoms with E-state index in [1.165, 1.54) is 18.2 Å². The van der Waals surface area contributed by atoms with Gasteiger partial charge in [0.15, 0.2) is 0 Å². The van der Waals surface area contributed by atoms with Crippen LogP contribution in [0.1, 0.15) is 25.8 Å². The highest BCUT2D eigenvalue weighted by atomic mass is 32.2. The van der Waals surface area contributed by atoms with Crippen molar-refractivity contribution in [1.29, 1.82) is 0 Å². The number of sulfonamides is 1. The van der Waals surface area contributed by atoms with E-state index in [4.69, 9.17) is 0 Å². The van der Waals surface area contributed by atoms with E-state index in [1.807, 2.05) is 6.92 Å². The summed E-state index contributed by atoms with van der Waals surface area (Å²) in [7, 11) is -3.46. The quantitative estimate of drug-likeness (QED) is 0.631. The third kappa shape index (κ3) is 4.42. The summed E-state index contributed by atoms with van der Waals surface area (Å²) in [5.41, 5.74) is 0.297. The van der Waals surface area contributed by atoms with E-state index in [0.717, 1.165) is 0 Å².